The van der Waals surface area contributed by atoms with Crippen molar-refractivity contribution in [3.63, 3.8) is 0 Å². The average molecular weight is 220 g/mol. The monoisotopic (exact) mass is 220 g/mol. The van der Waals surface area contributed by atoms with Crippen LogP contribution in [0.1, 0.15) is 40.0 Å². The molecule has 1 spiro atoms. The highest BCUT2D eigenvalue weighted by molar-refractivity contribution is 5.91. The molecule has 1 saturated heterocycles. The van der Waals surface area contributed by atoms with Crippen LogP contribution >= 0.6 is 0 Å². The Labute approximate surface area is 97.4 Å². The summed E-state index contributed by atoms with van der Waals surface area (Å²) in [6.07, 6.45) is 5.07. The summed E-state index contributed by atoms with van der Waals surface area (Å²) in [5.74, 6) is 0.749. The molecule has 88 valence electrons. The van der Waals surface area contributed by atoms with Gasteiger partial charge < -0.3 is 4.74 Å². The molecule has 16 heavy (non-hydrogen) atoms. The quantitative estimate of drug-likeness (QED) is 0.385. The minimum atomic E-state index is -0.384. The van der Waals surface area contributed by atoms with Crippen LogP contribution < -0.4 is 0 Å². The molecule has 1 aliphatic heterocycles. The summed E-state index contributed by atoms with van der Waals surface area (Å²) in [6, 6.07) is 0. The van der Waals surface area contributed by atoms with Crippen molar-refractivity contribution in [2.45, 2.75) is 45.6 Å². The van der Waals surface area contributed by atoms with Crippen LogP contribution in [0, 0.1) is 11.8 Å². The molecule has 0 N–H and O–H groups in total. The van der Waals surface area contributed by atoms with Gasteiger partial charge in [-0.25, -0.2) is 4.79 Å². The molecule has 2 rings (SSSR count). The van der Waals surface area contributed by atoms with Gasteiger partial charge in [0.25, 0.3) is 0 Å². The van der Waals surface area contributed by atoms with Crippen molar-refractivity contribution in [1.82, 2.24) is 0 Å². The van der Waals surface area contributed by atoms with Gasteiger partial charge in [-0.3, -0.25) is 0 Å². The summed E-state index contributed by atoms with van der Waals surface area (Å²) in [4.78, 5) is 11.6. The summed E-state index contributed by atoms with van der Waals surface area (Å²) in [5, 5.41) is 0. The molecule has 2 nitrogen and oxygen atoms in total. The van der Waals surface area contributed by atoms with Gasteiger partial charge in [0, 0.05) is 17.9 Å². The standard InChI is InChI=1S/C14H20O2/c1-9(2)12-6-5-10(3)7-14(12)8-11(4)13(15)16-14/h7,9,12H,4-6,8H2,1-3H3. The lowest BCUT2D eigenvalue weighted by Crippen LogP contribution is -2.41. The number of rotatable bonds is 1. The predicted octanol–water partition coefficient (Wildman–Crippen LogP) is 3.24. The Morgan fingerprint density at radius 2 is 2.25 bits per heavy atom. The highest BCUT2D eigenvalue weighted by Crippen LogP contribution is 2.46. The highest BCUT2D eigenvalue weighted by atomic mass is 16.6. The van der Waals surface area contributed by atoms with E-state index in [1.54, 1.807) is 0 Å². The fourth-order valence-electron chi connectivity index (χ4n) is 3.10. The van der Waals surface area contributed by atoms with E-state index in [9.17, 15) is 4.79 Å². The van der Waals surface area contributed by atoms with Gasteiger partial charge >= 0.3 is 5.97 Å². The van der Waals surface area contributed by atoms with Crippen molar-refractivity contribution in [3.8, 4) is 0 Å². The third-order valence-corrected chi connectivity index (χ3v) is 3.83. The molecule has 1 fully saturated rings. The van der Waals surface area contributed by atoms with E-state index in [1.807, 2.05) is 0 Å². The SMILES string of the molecule is C=C1CC2(C=C(C)CCC2C(C)C)OC1=O. The fraction of sp³-hybridized carbons (Fsp3) is 0.643. The molecule has 2 aliphatic rings. The summed E-state index contributed by atoms with van der Waals surface area (Å²) in [7, 11) is 0. The smallest absolute Gasteiger partial charge is 0.334 e. The number of esters is 1. The van der Waals surface area contributed by atoms with E-state index in [1.165, 1.54) is 5.57 Å². The minimum absolute atomic E-state index is 0.211. The maximum absolute atomic E-state index is 11.6. The first-order valence-corrected chi connectivity index (χ1v) is 6.04. The zero-order valence-electron chi connectivity index (χ0n) is 10.4. The molecule has 0 amide bonds. The molecule has 0 aromatic rings. The van der Waals surface area contributed by atoms with Crippen LogP contribution in [-0.2, 0) is 9.53 Å². The van der Waals surface area contributed by atoms with E-state index < -0.39 is 0 Å². The Bertz CT molecular complexity index is 347. The van der Waals surface area contributed by atoms with Crippen molar-refractivity contribution in [2.24, 2.45) is 11.8 Å². The molecule has 2 atom stereocenters. The zero-order chi connectivity index (χ0) is 11.9. The highest BCUT2D eigenvalue weighted by Gasteiger charge is 2.49. The van der Waals surface area contributed by atoms with E-state index in [-0.39, 0.29) is 11.6 Å². The van der Waals surface area contributed by atoms with E-state index in [0.29, 0.717) is 23.8 Å². The summed E-state index contributed by atoms with van der Waals surface area (Å²) < 4.78 is 5.63. The molecule has 1 aliphatic carbocycles. The number of allylic oxidation sites excluding steroid dienone is 1. The Morgan fingerprint density at radius 1 is 1.56 bits per heavy atom. The van der Waals surface area contributed by atoms with E-state index in [4.69, 9.17) is 4.74 Å². The first kappa shape index (κ1) is 11.4. The number of carbonyl (C=O) groups is 1. The Hall–Kier alpha value is -1.05. The largest absolute Gasteiger partial charge is 0.451 e. The van der Waals surface area contributed by atoms with Gasteiger partial charge in [0.15, 0.2) is 0 Å². The zero-order valence-corrected chi connectivity index (χ0v) is 10.4. The van der Waals surface area contributed by atoms with Crippen LogP contribution in [0.2, 0.25) is 0 Å². The van der Waals surface area contributed by atoms with E-state index in [0.717, 1.165) is 12.8 Å². The lowest BCUT2D eigenvalue weighted by atomic mass is 9.70. The second-order valence-corrected chi connectivity index (χ2v) is 5.50. The van der Waals surface area contributed by atoms with Crippen molar-refractivity contribution in [2.75, 3.05) is 0 Å². The van der Waals surface area contributed by atoms with Crippen molar-refractivity contribution in [3.05, 3.63) is 23.8 Å². The van der Waals surface area contributed by atoms with Crippen LogP contribution in [0.15, 0.2) is 23.8 Å². The van der Waals surface area contributed by atoms with Crippen LogP contribution in [0.4, 0.5) is 0 Å². The van der Waals surface area contributed by atoms with Crippen LogP contribution in [0.5, 0.6) is 0 Å². The van der Waals surface area contributed by atoms with Crippen molar-refractivity contribution in [1.29, 1.82) is 0 Å². The number of ether oxygens (including phenoxy) is 1. The summed E-state index contributed by atoms with van der Waals surface area (Å²) in [6.45, 7) is 10.3. The Balaban J connectivity index is 2.37. The van der Waals surface area contributed by atoms with Gasteiger partial charge in [0.05, 0.1) is 0 Å². The first-order valence-electron chi connectivity index (χ1n) is 6.04. The van der Waals surface area contributed by atoms with Crippen LogP contribution in [-0.4, -0.2) is 11.6 Å². The van der Waals surface area contributed by atoms with Gasteiger partial charge in [0.1, 0.15) is 5.60 Å². The van der Waals surface area contributed by atoms with Gasteiger partial charge in [-0.15, -0.1) is 0 Å². The third-order valence-electron chi connectivity index (χ3n) is 3.83. The lowest BCUT2D eigenvalue weighted by Gasteiger charge is -2.39. The van der Waals surface area contributed by atoms with Crippen LogP contribution in [0.3, 0.4) is 0 Å². The molecule has 2 unspecified atom stereocenters. The summed E-state index contributed by atoms with van der Waals surface area (Å²) >= 11 is 0. The molecule has 1 heterocycles. The molecule has 0 saturated carbocycles. The molecular weight excluding hydrogens is 200 g/mol. The topological polar surface area (TPSA) is 26.3 Å². The Morgan fingerprint density at radius 3 is 2.75 bits per heavy atom. The Kier molecular flexibility index (Phi) is 2.69. The molecular formula is C14H20O2. The second-order valence-electron chi connectivity index (χ2n) is 5.50. The van der Waals surface area contributed by atoms with Crippen LogP contribution in [0.25, 0.3) is 0 Å². The number of hydrogen-bond acceptors (Lipinski definition) is 2. The molecule has 0 aromatic carbocycles. The normalized spacial score (nSPS) is 34.5. The van der Waals surface area contributed by atoms with E-state index >= 15 is 0 Å². The maximum Gasteiger partial charge on any atom is 0.334 e. The van der Waals surface area contributed by atoms with Crippen molar-refractivity contribution >= 4 is 5.97 Å². The molecule has 0 aromatic heterocycles. The molecule has 0 bridgehead atoms. The van der Waals surface area contributed by atoms with Crippen molar-refractivity contribution < 1.29 is 9.53 Å². The molecule has 0 radical (unpaired) electrons. The summed E-state index contributed by atoms with van der Waals surface area (Å²) in [5.41, 5.74) is 1.57. The fourth-order valence-corrected chi connectivity index (χ4v) is 3.10. The lowest BCUT2D eigenvalue weighted by molar-refractivity contribution is -0.148. The maximum atomic E-state index is 11.6. The van der Waals surface area contributed by atoms with Gasteiger partial charge in [0.2, 0.25) is 0 Å². The first-order chi connectivity index (χ1) is 7.44. The van der Waals surface area contributed by atoms with E-state index in [2.05, 4.69) is 33.4 Å². The van der Waals surface area contributed by atoms with Gasteiger partial charge in [-0.2, -0.15) is 0 Å². The number of hydrogen-bond donors (Lipinski definition) is 0. The number of carbonyl (C=O) groups excluding carboxylic acids is 1. The van der Waals surface area contributed by atoms with Gasteiger partial charge in [-0.1, -0.05) is 26.0 Å². The molecule has 2 heteroatoms. The average Bonchev–Trinajstić information content (AvgIpc) is 2.41. The third kappa shape index (κ3) is 1.70. The minimum Gasteiger partial charge on any atom is -0.451 e. The van der Waals surface area contributed by atoms with Gasteiger partial charge in [-0.05, 0) is 31.8 Å². The predicted molar refractivity (Wildman–Crippen MR) is 63.9 cm³/mol. The second kappa shape index (κ2) is 3.76.